The van der Waals surface area contributed by atoms with Crippen LogP contribution >= 0.6 is 0 Å². The van der Waals surface area contributed by atoms with Gasteiger partial charge in [0.1, 0.15) is 11.4 Å². The predicted octanol–water partition coefficient (Wildman–Crippen LogP) is 7.52. The van der Waals surface area contributed by atoms with Gasteiger partial charge in [0.05, 0.1) is 11.0 Å². The first-order valence-electron chi connectivity index (χ1n) is 16.1. The van der Waals surface area contributed by atoms with Crippen LogP contribution in [-0.2, 0) is 5.41 Å². The van der Waals surface area contributed by atoms with Crippen molar-refractivity contribution in [2.45, 2.75) is 75.4 Å². The quantitative estimate of drug-likeness (QED) is 0.211. The second kappa shape index (κ2) is 10.7. The highest BCUT2D eigenvalue weighted by Crippen LogP contribution is 2.45. The average molecular weight is 573 g/mol. The lowest BCUT2D eigenvalue weighted by atomic mass is 9.70. The van der Waals surface area contributed by atoms with E-state index in [0.717, 1.165) is 61.2 Å². The van der Waals surface area contributed by atoms with Crippen molar-refractivity contribution in [1.82, 2.24) is 19.4 Å². The van der Waals surface area contributed by atoms with E-state index in [-0.39, 0.29) is 11.3 Å². The first kappa shape index (κ1) is 26.7. The van der Waals surface area contributed by atoms with Crippen molar-refractivity contribution in [1.29, 1.82) is 0 Å². The van der Waals surface area contributed by atoms with E-state index >= 15 is 0 Å². The van der Waals surface area contributed by atoms with Crippen molar-refractivity contribution < 1.29 is 9.21 Å². The molecule has 2 bridgehead atoms. The van der Waals surface area contributed by atoms with Crippen LogP contribution in [0, 0.1) is 6.92 Å². The minimum Gasteiger partial charge on any atom is -0.451 e. The van der Waals surface area contributed by atoms with Crippen LogP contribution in [-0.4, -0.2) is 57.0 Å². The number of hydrogen-bond donors (Lipinski definition) is 0. The van der Waals surface area contributed by atoms with Gasteiger partial charge in [0.2, 0.25) is 0 Å². The molecular weight excluding hydrogens is 532 g/mol. The van der Waals surface area contributed by atoms with Crippen molar-refractivity contribution in [2.24, 2.45) is 0 Å². The Morgan fingerprint density at radius 1 is 0.884 bits per heavy atom. The number of nitrogens with zero attached hydrogens (tertiary/aromatic N) is 4. The summed E-state index contributed by atoms with van der Waals surface area (Å²) in [6.45, 7) is 4.81. The lowest BCUT2D eigenvalue weighted by molar-refractivity contribution is 0.0582. The van der Waals surface area contributed by atoms with Crippen molar-refractivity contribution >= 4 is 27.9 Å². The molecule has 8 rings (SSSR count). The Balaban J connectivity index is 0.980. The van der Waals surface area contributed by atoms with E-state index < -0.39 is 0 Å². The Morgan fingerprint density at radius 2 is 1.58 bits per heavy atom. The molecule has 0 spiro atoms. The number of furan rings is 1. The molecule has 3 saturated heterocycles. The minimum absolute atomic E-state index is 0.0142. The molecule has 6 heteroatoms. The molecule has 2 aromatic heterocycles. The van der Waals surface area contributed by atoms with E-state index in [1.807, 2.05) is 35.2 Å². The number of carbonyl (C=O) groups excluding carboxylic acids is 1. The summed E-state index contributed by atoms with van der Waals surface area (Å²) in [5, 5.41) is 0.983. The summed E-state index contributed by atoms with van der Waals surface area (Å²) in [4.78, 5) is 23.2. The maximum absolute atomic E-state index is 13.5. The van der Waals surface area contributed by atoms with Crippen molar-refractivity contribution in [3.05, 3.63) is 102 Å². The normalized spacial score (nSPS) is 23.7. The minimum atomic E-state index is 0.0142. The molecule has 3 atom stereocenters. The second-order valence-electron chi connectivity index (χ2n) is 13.1. The molecule has 0 N–H and O–H groups in total. The number of rotatable bonds is 6. The molecule has 0 radical (unpaired) electrons. The number of piperidine rings is 2. The zero-order chi connectivity index (χ0) is 29.0. The SMILES string of the molecule is Cc1nc2ccccc2n1C1C[C@H]2CC[C@@H](C1)N2CCC1(c2ccccc2)CCN(C(=O)c2cc3ccccc3o2)CC1. The van der Waals surface area contributed by atoms with Gasteiger partial charge in [-0.2, -0.15) is 0 Å². The number of hydrogen-bond acceptors (Lipinski definition) is 4. The Hall–Kier alpha value is -3.90. The smallest absolute Gasteiger partial charge is 0.289 e. The summed E-state index contributed by atoms with van der Waals surface area (Å²) in [5.41, 5.74) is 4.68. The zero-order valence-electron chi connectivity index (χ0n) is 25.0. The van der Waals surface area contributed by atoms with Crippen molar-refractivity contribution in [2.75, 3.05) is 19.6 Å². The summed E-state index contributed by atoms with van der Waals surface area (Å²) in [6.07, 6.45) is 8.10. The molecule has 1 amide bonds. The number of carbonyl (C=O) groups is 1. The Bertz CT molecular complexity index is 1720. The van der Waals surface area contributed by atoms with Crippen molar-refractivity contribution in [3.63, 3.8) is 0 Å². The zero-order valence-corrected chi connectivity index (χ0v) is 25.0. The first-order valence-corrected chi connectivity index (χ1v) is 16.1. The van der Waals surface area contributed by atoms with Crippen LogP contribution in [0.4, 0.5) is 0 Å². The predicted molar refractivity (Wildman–Crippen MR) is 170 cm³/mol. The molecule has 6 nitrogen and oxygen atoms in total. The summed E-state index contributed by atoms with van der Waals surface area (Å²) in [6, 6.07) is 31.2. The third-order valence-corrected chi connectivity index (χ3v) is 10.9. The van der Waals surface area contributed by atoms with Crippen LogP contribution in [0.5, 0.6) is 0 Å². The number of benzene rings is 3. The van der Waals surface area contributed by atoms with Gasteiger partial charge in [-0.15, -0.1) is 0 Å². The Kier molecular flexibility index (Phi) is 6.63. The maximum Gasteiger partial charge on any atom is 0.289 e. The lowest BCUT2D eigenvalue weighted by Gasteiger charge is -2.45. The van der Waals surface area contributed by atoms with Crippen LogP contribution in [0.25, 0.3) is 22.0 Å². The molecule has 3 aliphatic heterocycles. The highest BCUT2D eigenvalue weighted by molar-refractivity contribution is 5.96. The number of aryl methyl sites for hydroxylation is 1. The van der Waals surface area contributed by atoms with Crippen molar-refractivity contribution in [3.8, 4) is 0 Å². The number of para-hydroxylation sites is 3. The molecule has 3 fully saturated rings. The lowest BCUT2D eigenvalue weighted by Crippen LogP contribution is -2.49. The van der Waals surface area contributed by atoms with Gasteiger partial charge in [-0.05, 0) is 93.7 Å². The van der Waals surface area contributed by atoms with Gasteiger partial charge in [-0.25, -0.2) is 4.98 Å². The van der Waals surface area contributed by atoms with Gasteiger partial charge in [0, 0.05) is 36.6 Å². The van der Waals surface area contributed by atoms with E-state index in [4.69, 9.17) is 9.40 Å². The summed E-state index contributed by atoms with van der Waals surface area (Å²) < 4.78 is 8.47. The molecule has 0 aliphatic carbocycles. The summed E-state index contributed by atoms with van der Waals surface area (Å²) >= 11 is 0. The number of amides is 1. The Labute approximate surface area is 253 Å². The third-order valence-electron chi connectivity index (χ3n) is 10.9. The van der Waals surface area contributed by atoms with Gasteiger partial charge in [0.15, 0.2) is 5.76 Å². The molecule has 0 saturated carbocycles. The van der Waals surface area contributed by atoms with Gasteiger partial charge < -0.3 is 13.9 Å². The molecule has 3 aromatic carbocycles. The topological polar surface area (TPSA) is 54.5 Å². The van der Waals surface area contributed by atoms with Gasteiger partial charge >= 0.3 is 0 Å². The molecule has 43 heavy (non-hydrogen) atoms. The summed E-state index contributed by atoms with van der Waals surface area (Å²) in [7, 11) is 0. The van der Waals surface area contributed by atoms with E-state index in [0.29, 0.717) is 23.9 Å². The first-order chi connectivity index (χ1) is 21.1. The highest BCUT2D eigenvalue weighted by Gasteiger charge is 2.44. The van der Waals surface area contributed by atoms with E-state index in [9.17, 15) is 4.79 Å². The number of aromatic nitrogens is 2. The average Bonchev–Trinajstić information content (AvgIpc) is 3.70. The van der Waals surface area contributed by atoms with Gasteiger partial charge in [0.25, 0.3) is 5.91 Å². The monoisotopic (exact) mass is 572 g/mol. The molecule has 220 valence electrons. The highest BCUT2D eigenvalue weighted by atomic mass is 16.3. The fraction of sp³-hybridized carbons (Fsp3) is 0.405. The second-order valence-corrected chi connectivity index (χ2v) is 13.1. The molecule has 5 heterocycles. The molecule has 5 aromatic rings. The van der Waals surface area contributed by atoms with Gasteiger partial charge in [-0.1, -0.05) is 60.7 Å². The fourth-order valence-electron chi connectivity index (χ4n) is 8.65. The van der Waals surface area contributed by atoms with Crippen LogP contribution < -0.4 is 0 Å². The molecule has 3 aliphatic rings. The fourth-order valence-corrected chi connectivity index (χ4v) is 8.65. The molecule has 1 unspecified atom stereocenters. The van der Waals surface area contributed by atoms with Crippen LogP contribution in [0.2, 0.25) is 0 Å². The van der Waals surface area contributed by atoms with E-state index in [2.05, 4.69) is 71.0 Å². The molecular formula is C37H40N4O2. The van der Waals surface area contributed by atoms with Crippen LogP contribution in [0.15, 0.2) is 89.3 Å². The third kappa shape index (κ3) is 4.67. The van der Waals surface area contributed by atoms with Crippen LogP contribution in [0.3, 0.4) is 0 Å². The van der Waals surface area contributed by atoms with E-state index in [1.165, 1.54) is 36.8 Å². The summed E-state index contributed by atoms with van der Waals surface area (Å²) in [5.74, 6) is 1.61. The van der Waals surface area contributed by atoms with Crippen LogP contribution in [0.1, 0.15) is 72.9 Å². The number of imidazole rings is 1. The maximum atomic E-state index is 13.5. The number of likely N-dealkylation sites (tertiary alicyclic amines) is 1. The van der Waals surface area contributed by atoms with Gasteiger partial charge in [-0.3, -0.25) is 9.69 Å². The Morgan fingerprint density at radius 3 is 2.35 bits per heavy atom. The van der Waals surface area contributed by atoms with E-state index in [1.54, 1.807) is 0 Å². The largest absolute Gasteiger partial charge is 0.451 e. The number of fused-ring (bicyclic) bond motifs is 4. The standard InChI is InChI=1S/C37H40N4O2/c1-26-38-32-12-6-7-13-33(32)41(26)31-24-29-15-16-30(25-31)40(29)22-19-37(28-10-3-2-4-11-28)17-20-39(21-18-37)36(42)35-23-27-9-5-8-14-34(27)43-35/h2-14,23,29-31H,15-22,24-25H2,1H3/t29-,30+,31?.